The standard InChI is InChI=1S/C22H18/c1-3-5-11-17-19-13-7-9-15-21(19)18(12-6-4-2)22-16-10-8-14-20(17)22/h3-16H,1-2H2. The largest absolute Gasteiger partial charge is 0.0991 e. The van der Waals surface area contributed by atoms with Crippen molar-refractivity contribution in [1.82, 2.24) is 0 Å². The van der Waals surface area contributed by atoms with Crippen molar-refractivity contribution in [3.63, 3.8) is 0 Å². The van der Waals surface area contributed by atoms with Gasteiger partial charge >= 0.3 is 0 Å². The number of rotatable bonds is 4. The molecule has 0 bridgehead atoms. The van der Waals surface area contributed by atoms with E-state index >= 15 is 0 Å². The summed E-state index contributed by atoms with van der Waals surface area (Å²) in [6.45, 7) is 7.57. The van der Waals surface area contributed by atoms with Crippen LogP contribution in [0.3, 0.4) is 0 Å². The second-order valence-corrected chi connectivity index (χ2v) is 5.11. The molecule has 0 saturated heterocycles. The summed E-state index contributed by atoms with van der Waals surface area (Å²) in [6.07, 6.45) is 11.9. The van der Waals surface area contributed by atoms with Crippen LogP contribution in [0.25, 0.3) is 33.7 Å². The molecular weight excluding hydrogens is 264 g/mol. The van der Waals surface area contributed by atoms with Crippen LogP contribution in [0.2, 0.25) is 0 Å². The van der Waals surface area contributed by atoms with Crippen molar-refractivity contribution in [1.29, 1.82) is 0 Å². The summed E-state index contributed by atoms with van der Waals surface area (Å²) >= 11 is 0. The fourth-order valence-corrected chi connectivity index (χ4v) is 2.88. The first-order valence-corrected chi connectivity index (χ1v) is 7.38. The summed E-state index contributed by atoms with van der Waals surface area (Å²) in [5.41, 5.74) is 2.48. The van der Waals surface area contributed by atoms with Crippen molar-refractivity contribution >= 4 is 33.7 Å². The van der Waals surface area contributed by atoms with Crippen molar-refractivity contribution in [2.45, 2.75) is 0 Å². The molecule has 3 aromatic carbocycles. The average molecular weight is 282 g/mol. The van der Waals surface area contributed by atoms with Crippen LogP contribution >= 0.6 is 0 Å². The van der Waals surface area contributed by atoms with E-state index in [1.54, 1.807) is 0 Å². The molecular formula is C22H18. The van der Waals surface area contributed by atoms with Gasteiger partial charge in [-0.1, -0.05) is 98.1 Å². The van der Waals surface area contributed by atoms with Crippen molar-refractivity contribution < 1.29 is 0 Å². The molecule has 0 aliphatic carbocycles. The van der Waals surface area contributed by atoms with Crippen LogP contribution < -0.4 is 0 Å². The summed E-state index contributed by atoms with van der Waals surface area (Å²) in [6, 6.07) is 17.1. The van der Waals surface area contributed by atoms with Gasteiger partial charge in [-0.25, -0.2) is 0 Å². The first-order chi connectivity index (χ1) is 10.9. The second-order valence-electron chi connectivity index (χ2n) is 5.11. The molecule has 106 valence electrons. The lowest BCUT2D eigenvalue weighted by Crippen LogP contribution is -1.88. The highest BCUT2D eigenvalue weighted by molar-refractivity contribution is 6.12. The lowest BCUT2D eigenvalue weighted by molar-refractivity contribution is 1.72. The van der Waals surface area contributed by atoms with E-state index in [0.29, 0.717) is 0 Å². The number of hydrogen-bond acceptors (Lipinski definition) is 0. The zero-order valence-electron chi connectivity index (χ0n) is 12.5. The topological polar surface area (TPSA) is 0 Å². The summed E-state index contributed by atoms with van der Waals surface area (Å²) < 4.78 is 0. The predicted molar refractivity (Wildman–Crippen MR) is 99.9 cm³/mol. The molecule has 0 spiro atoms. The van der Waals surface area contributed by atoms with Gasteiger partial charge in [0, 0.05) is 0 Å². The molecule has 0 aliphatic heterocycles. The van der Waals surface area contributed by atoms with E-state index in [9.17, 15) is 0 Å². The Hall–Kier alpha value is -2.86. The first-order valence-electron chi connectivity index (χ1n) is 7.38. The molecule has 0 aliphatic rings. The molecule has 0 amide bonds. The van der Waals surface area contributed by atoms with Gasteiger partial charge < -0.3 is 0 Å². The fourth-order valence-electron chi connectivity index (χ4n) is 2.88. The van der Waals surface area contributed by atoms with Gasteiger partial charge in [-0.15, -0.1) is 0 Å². The third kappa shape index (κ3) is 2.40. The minimum Gasteiger partial charge on any atom is -0.0991 e. The third-order valence-corrected chi connectivity index (χ3v) is 3.81. The average Bonchev–Trinajstić information content (AvgIpc) is 2.58. The quantitative estimate of drug-likeness (QED) is 0.384. The SMILES string of the molecule is C=CC=Cc1c2ccccc2c(C=CC=C)c2ccccc12. The van der Waals surface area contributed by atoms with Gasteiger partial charge in [-0.3, -0.25) is 0 Å². The molecule has 0 radical (unpaired) electrons. The van der Waals surface area contributed by atoms with E-state index in [-0.39, 0.29) is 0 Å². The molecule has 0 unspecified atom stereocenters. The van der Waals surface area contributed by atoms with Gasteiger partial charge in [0.25, 0.3) is 0 Å². The molecule has 0 atom stereocenters. The van der Waals surface area contributed by atoms with E-state index in [1.807, 2.05) is 24.3 Å². The number of benzene rings is 3. The van der Waals surface area contributed by atoms with Gasteiger partial charge in [0.2, 0.25) is 0 Å². The first kappa shape index (κ1) is 14.1. The number of hydrogen-bond donors (Lipinski definition) is 0. The lowest BCUT2D eigenvalue weighted by atomic mass is 9.91. The summed E-state index contributed by atoms with van der Waals surface area (Å²) in [5, 5.41) is 5.01. The molecule has 0 aromatic heterocycles. The van der Waals surface area contributed by atoms with Crippen molar-refractivity contribution in [3.05, 3.63) is 97.1 Å². The van der Waals surface area contributed by atoms with Gasteiger partial charge in [-0.05, 0) is 32.7 Å². The van der Waals surface area contributed by atoms with Gasteiger partial charge in [0.1, 0.15) is 0 Å². The van der Waals surface area contributed by atoms with Crippen LogP contribution in [-0.4, -0.2) is 0 Å². The van der Waals surface area contributed by atoms with Crippen LogP contribution in [0.1, 0.15) is 11.1 Å². The molecule has 0 heteroatoms. The maximum absolute atomic E-state index is 3.78. The van der Waals surface area contributed by atoms with E-state index in [4.69, 9.17) is 0 Å². The summed E-state index contributed by atoms with van der Waals surface area (Å²) in [7, 11) is 0. The zero-order chi connectivity index (χ0) is 15.4. The maximum atomic E-state index is 3.78. The third-order valence-electron chi connectivity index (χ3n) is 3.81. The Kier molecular flexibility index (Phi) is 4.02. The minimum atomic E-state index is 1.24. The Morgan fingerprint density at radius 2 is 0.864 bits per heavy atom. The van der Waals surface area contributed by atoms with Gasteiger partial charge in [0.05, 0.1) is 0 Å². The normalized spacial score (nSPS) is 11.6. The monoisotopic (exact) mass is 282 g/mol. The Bertz CT molecular complexity index is 775. The fraction of sp³-hybridized carbons (Fsp3) is 0. The Morgan fingerprint density at radius 1 is 0.545 bits per heavy atom. The summed E-state index contributed by atoms with van der Waals surface area (Å²) in [4.78, 5) is 0. The van der Waals surface area contributed by atoms with E-state index < -0.39 is 0 Å². The highest BCUT2D eigenvalue weighted by Gasteiger charge is 2.09. The van der Waals surface area contributed by atoms with Crippen molar-refractivity contribution in [2.24, 2.45) is 0 Å². The van der Waals surface area contributed by atoms with Gasteiger partial charge in [0.15, 0.2) is 0 Å². The summed E-state index contributed by atoms with van der Waals surface area (Å²) in [5.74, 6) is 0. The van der Waals surface area contributed by atoms with E-state index in [2.05, 4.69) is 73.8 Å². The minimum absolute atomic E-state index is 1.24. The molecule has 3 aromatic rings. The van der Waals surface area contributed by atoms with Crippen LogP contribution in [0.5, 0.6) is 0 Å². The maximum Gasteiger partial charge on any atom is -0.00990 e. The molecule has 3 rings (SSSR count). The Morgan fingerprint density at radius 3 is 1.14 bits per heavy atom. The van der Waals surface area contributed by atoms with Crippen LogP contribution in [-0.2, 0) is 0 Å². The van der Waals surface area contributed by atoms with Crippen LogP contribution in [0, 0.1) is 0 Å². The highest BCUT2D eigenvalue weighted by Crippen LogP contribution is 2.34. The van der Waals surface area contributed by atoms with E-state index in [1.165, 1.54) is 32.7 Å². The van der Waals surface area contributed by atoms with Gasteiger partial charge in [-0.2, -0.15) is 0 Å². The van der Waals surface area contributed by atoms with E-state index in [0.717, 1.165) is 0 Å². The van der Waals surface area contributed by atoms with Crippen LogP contribution in [0.4, 0.5) is 0 Å². The Balaban J connectivity index is 2.52. The van der Waals surface area contributed by atoms with Crippen molar-refractivity contribution in [3.8, 4) is 0 Å². The molecule has 0 saturated carbocycles. The molecule has 22 heavy (non-hydrogen) atoms. The smallest absolute Gasteiger partial charge is 0.00990 e. The number of allylic oxidation sites excluding steroid dienone is 4. The number of fused-ring (bicyclic) bond motifs is 2. The molecule has 0 N–H and O–H groups in total. The predicted octanol–water partition coefficient (Wildman–Crippen LogP) is 6.39. The van der Waals surface area contributed by atoms with Crippen molar-refractivity contribution in [2.75, 3.05) is 0 Å². The van der Waals surface area contributed by atoms with Crippen LogP contribution in [0.15, 0.2) is 86.0 Å². The lowest BCUT2D eigenvalue weighted by Gasteiger charge is -2.12. The molecule has 0 heterocycles. The molecule has 0 nitrogen and oxygen atoms in total. The second kappa shape index (κ2) is 6.28. The zero-order valence-corrected chi connectivity index (χ0v) is 12.5. The highest BCUT2D eigenvalue weighted by atomic mass is 14.1. The Labute approximate surface area is 131 Å². The molecule has 0 fully saturated rings.